The third kappa shape index (κ3) is 3.66. The van der Waals surface area contributed by atoms with E-state index in [4.69, 9.17) is 0 Å². The van der Waals surface area contributed by atoms with Crippen molar-refractivity contribution in [1.29, 1.82) is 5.26 Å². The maximum atomic E-state index is 14.4. The number of anilines is 1. The minimum Gasteiger partial charge on any atom is -0.371 e. The molecule has 5 nitrogen and oxygen atoms in total. The summed E-state index contributed by atoms with van der Waals surface area (Å²) >= 11 is 0. The fourth-order valence-corrected chi connectivity index (χ4v) is 2.93. The fraction of sp³-hybridized carbons (Fsp3) is 0.211. The Morgan fingerprint density at radius 1 is 1.24 bits per heavy atom. The van der Waals surface area contributed by atoms with Crippen molar-refractivity contribution in [2.24, 2.45) is 0 Å². The van der Waals surface area contributed by atoms with Gasteiger partial charge in [-0.3, -0.25) is 10.1 Å². The molecule has 0 bridgehead atoms. The quantitative estimate of drug-likeness (QED) is 0.359. The van der Waals surface area contributed by atoms with E-state index in [0.717, 1.165) is 31.6 Å². The van der Waals surface area contributed by atoms with E-state index in [1.54, 1.807) is 12.1 Å². The minimum absolute atomic E-state index is 0.108. The van der Waals surface area contributed by atoms with Gasteiger partial charge in [0.1, 0.15) is 5.82 Å². The molecule has 0 saturated carbocycles. The van der Waals surface area contributed by atoms with Crippen molar-refractivity contribution in [3.63, 3.8) is 0 Å². The van der Waals surface area contributed by atoms with Crippen LogP contribution < -0.4 is 4.90 Å². The van der Waals surface area contributed by atoms with Crippen LogP contribution in [0.15, 0.2) is 42.5 Å². The molecule has 0 spiro atoms. The molecule has 0 atom stereocenters. The van der Waals surface area contributed by atoms with Crippen LogP contribution in [0.25, 0.3) is 11.6 Å². The van der Waals surface area contributed by atoms with E-state index in [1.165, 1.54) is 30.3 Å². The van der Waals surface area contributed by atoms with Crippen molar-refractivity contribution in [2.75, 3.05) is 18.0 Å². The van der Waals surface area contributed by atoms with Crippen molar-refractivity contribution >= 4 is 23.0 Å². The van der Waals surface area contributed by atoms with Crippen LogP contribution in [0.4, 0.5) is 15.8 Å². The van der Waals surface area contributed by atoms with Crippen LogP contribution in [-0.4, -0.2) is 18.0 Å². The highest BCUT2D eigenvalue weighted by molar-refractivity contribution is 5.90. The van der Waals surface area contributed by atoms with Gasteiger partial charge in [0.25, 0.3) is 5.69 Å². The molecule has 1 heterocycles. The molecule has 1 saturated heterocycles. The lowest BCUT2D eigenvalue weighted by Crippen LogP contribution is -2.17. The number of rotatable bonds is 4. The van der Waals surface area contributed by atoms with Gasteiger partial charge in [0.2, 0.25) is 0 Å². The lowest BCUT2D eigenvalue weighted by Gasteiger charge is -2.17. The summed E-state index contributed by atoms with van der Waals surface area (Å²) in [5, 5.41) is 20.2. The highest BCUT2D eigenvalue weighted by Crippen LogP contribution is 2.26. The maximum absolute atomic E-state index is 14.4. The third-order valence-electron chi connectivity index (χ3n) is 4.24. The molecular weight excluding hydrogens is 321 g/mol. The number of halogens is 1. The average Bonchev–Trinajstić information content (AvgIpc) is 3.15. The predicted molar refractivity (Wildman–Crippen MR) is 94.4 cm³/mol. The monoisotopic (exact) mass is 337 g/mol. The molecule has 126 valence electrons. The molecule has 2 aromatic rings. The van der Waals surface area contributed by atoms with E-state index < -0.39 is 10.7 Å². The largest absolute Gasteiger partial charge is 0.371 e. The third-order valence-corrected chi connectivity index (χ3v) is 4.24. The Labute approximate surface area is 144 Å². The molecule has 1 aliphatic heterocycles. The van der Waals surface area contributed by atoms with Gasteiger partial charge in [0, 0.05) is 36.5 Å². The normalized spacial score (nSPS) is 14.4. The number of hydrogen-bond acceptors (Lipinski definition) is 4. The molecule has 0 amide bonds. The number of hydrogen-bond donors (Lipinski definition) is 0. The zero-order valence-electron chi connectivity index (χ0n) is 13.5. The molecule has 3 rings (SSSR count). The first-order chi connectivity index (χ1) is 12.1. The van der Waals surface area contributed by atoms with Crippen LogP contribution in [0.5, 0.6) is 0 Å². The predicted octanol–water partition coefficient (Wildman–Crippen LogP) is 4.40. The number of benzene rings is 2. The molecule has 0 N–H and O–H groups in total. The van der Waals surface area contributed by atoms with Crippen molar-refractivity contribution in [3.05, 3.63) is 69.5 Å². The Kier molecular flexibility index (Phi) is 4.75. The second-order valence-corrected chi connectivity index (χ2v) is 5.88. The first-order valence-electron chi connectivity index (χ1n) is 7.99. The second kappa shape index (κ2) is 7.14. The second-order valence-electron chi connectivity index (χ2n) is 5.88. The number of nitriles is 1. The maximum Gasteiger partial charge on any atom is 0.270 e. The van der Waals surface area contributed by atoms with E-state index >= 15 is 0 Å². The number of nitrogens with zero attached hydrogens (tertiary/aromatic N) is 3. The van der Waals surface area contributed by atoms with Gasteiger partial charge in [-0.1, -0.05) is 12.1 Å². The Bertz CT molecular complexity index is 880. The number of allylic oxidation sites excluding steroid dienone is 1. The number of nitro groups is 1. The zero-order valence-corrected chi connectivity index (χ0v) is 13.5. The van der Waals surface area contributed by atoms with Gasteiger partial charge in [-0.15, -0.1) is 0 Å². The van der Waals surface area contributed by atoms with E-state index in [2.05, 4.69) is 4.90 Å². The lowest BCUT2D eigenvalue weighted by molar-refractivity contribution is -0.384. The molecule has 25 heavy (non-hydrogen) atoms. The molecule has 1 fully saturated rings. The highest BCUT2D eigenvalue weighted by Gasteiger charge is 2.14. The smallest absolute Gasteiger partial charge is 0.270 e. The molecular formula is C19H16FN3O2. The minimum atomic E-state index is -0.524. The van der Waals surface area contributed by atoms with Crippen LogP contribution in [0.3, 0.4) is 0 Å². The number of non-ortho nitro benzene ring substituents is 1. The summed E-state index contributed by atoms with van der Waals surface area (Å²) in [5.74, 6) is -0.414. The fourth-order valence-electron chi connectivity index (χ4n) is 2.93. The molecule has 6 heteroatoms. The van der Waals surface area contributed by atoms with Gasteiger partial charge in [-0.2, -0.15) is 5.26 Å². The molecule has 0 unspecified atom stereocenters. The van der Waals surface area contributed by atoms with Crippen molar-refractivity contribution in [2.45, 2.75) is 12.8 Å². The average molecular weight is 337 g/mol. The molecule has 1 aliphatic rings. The van der Waals surface area contributed by atoms with Gasteiger partial charge in [-0.05, 0) is 42.7 Å². The van der Waals surface area contributed by atoms with Crippen LogP contribution in [0.1, 0.15) is 24.0 Å². The van der Waals surface area contributed by atoms with Crippen LogP contribution >= 0.6 is 0 Å². The van der Waals surface area contributed by atoms with Crippen molar-refractivity contribution in [1.82, 2.24) is 0 Å². The summed E-state index contributed by atoms with van der Waals surface area (Å²) in [6, 6.07) is 12.7. The topological polar surface area (TPSA) is 70.2 Å². The van der Waals surface area contributed by atoms with Crippen molar-refractivity contribution < 1.29 is 9.31 Å². The van der Waals surface area contributed by atoms with Gasteiger partial charge < -0.3 is 4.90 Å². The van der Waals surface area contributed by atoms with Crippen LogP contribution in [0, 0.1) is 27.3 Å². The molecule has 0 aliphatic carbocycles. The molecule has 2 aromatic carbocycles. The summed E-state index contributed by atoms with van der Waals surface area (Å²) in [5.41, 5.74) is 1.58. The zero-order chi connectivity index (χ0) is 17.8. The Morgan fingerprint density at radius 3 is 2.64 bits per heavy atom. The molecule has 0 radical (unpaired) electrons. The van der Waals surface area contributed by atoms with Gasteiger partial charge in [0.05, 0.1) is 16.6 Å². The van der Waals surface area contributed by atoms with Gasteiger partial charge in [-0.25, -0.2) is 4.39 Å². The van der Waals surface area contributed by atoms with Crippen LogP contribution in [-0.2, 0) is 0 Å². The van der Waals surface area contributed by atoms with Crippen LogP contribution in [0.2, 0.25) is 0 Å². The molecule has 0 aromatic heterocycles. The summed E-state index contributed by atoms with van der Waals surface area (Å²) in [6.07, 6.45) is 3.63. The van der Waals surface area contributed by atoms with E-state index in [-0.39, 0.29) is 16.8 Å². The standard InChI is InChI=1S/C19H16FN3O2/c20-19-12-17(22-8-1-2-9-22)7-6-15(19)10-16(13-21)14-4-3-5-18(11-14)23(24)25/h3-7,10-12H,1-2,8-9H2. The van der Waals surface area contributed by atoms with Gasteiger partial charge >= 0.3 is 0 Å². The van der Waals surface area contributed by atoms with Crippen molar-refractivity contribution in [3.8, 4) is 6.07 Å². The Balaban J connectivity index is 1.93. The highest BCUT2D eigenvalue weighted by atomic mass is 19.1. The first-order valence-corrected chi connectivity index (χ1v) is 7.99. The Hall–Kier alpha value is -3.20. The summed E-state index contributed by atoms with van der Waals surface area (Å²) in [6.45, 7) is 1.84. The van der Waals surface area contributed by atoms with E-state index in [9.17, 15) is 19.8 Å². The SMILES string of the molecule is N#CC(=Cc1ccc(N2CCCC2)cc1F)c1cccc([N+](=O)[O-])c1. The van der Waals surface area contributed by atoms with E-state index in [1.807, 2.05) is 12.1 Å². The summed E-state index contributed by atoms with van der Waals surface area (Å²) in [4.78, 5) is 12.5. The summed E-state index contributed by atoms with van der Waals surface area (Å²) < 4.78 is 14.4. The first kappa shape index (κ1) is 16.7. The summed E-state index contributed by atoms with van der Waals surface area (Å²) in [7, 11) is 0. The lowest BCUT2D eigenvalue weighted by atomic mass is 10.0. The number of nitro benzene ring substituents is 1. The van der Waals surface area contributed by atoms with E-state index in [0.29, 0.717) is 5.56 Å². The van der Waals surface area contributed by atoms with Gasteiger partial charge in [0.15, 0.2) is 0 Å². The Morgan fingerprint density at radius 2 is 2.00 bits per heavy atom.